The van der Waals surface area contributed by atoms with Crippen molar-refractivity contribution in [3.63, 3.8) is 0 Å². The molecule has 23 heavy (non-hydrogen) atoms. The molecule has 0 bridgehead atoms. The minimum atomic E-state index is -0.274. The summed E-state index contributed by atoms with van der Waals surface area (Å²) in [5.74, 6) is 0.228. The highest BCUT2D eigenvalue weighted by Crippen LogP contribution is 2.02. The van der Waals surface area contributed by atoms with Gasteiger partial charge in [0.2, 0.25) is 0 Å². The summed E-state index contributed by atoms with van der Waals surface area (Å²) in [6, 6.07) is 5.26. The molecule has 0 unspecified atom stereocenters. The van der Waals surface area contributed by atoms with Crippen LogP contribution in [-0.4, -0.2) is 47.2 Å². The fraction of sp³-hybridized carbons (Fsp3) is 0.286. The van der Waals surface area contributed by atoms with Crippen molar-refractivity contribution in [3.8, 4) is 5.82 Å². The number of nitrogens with zero attached hydrogens (tertiary/aromatic N) is 7. The Kier molecular flexibility index (Phi) is 4.09. The number of rotatable bonds is 5. The van der Waals surface area contributed by atoms with Gasteiger partial charge in [0.1, 0.15) is 12.7 Å². The number of hydrogen-bond donors (Lipinski definition) is 1. The summed E-state index contributed by atoms with van der Waals surface area (Å²) in [7, 11) is 0. The van der Waals surface area contributed by atoms with E-state index in [-0.39, 0.29) is 11.6 Å². The Morgan fingerprint density at radius 3 is 2.74 bits per heavy atom. The zero-order chi connectivity index (χ0) is 16.2. The van der Waals surface area contributed by atoms with Gasteiger partial charge in [-0.25, -0.2) is 9.67 Å². The molecule has 3 aromatic rings. The van der Waals surface area contributed by atoms with Crippen molar-refractivity contribution in [3.05, 3.63) is 47.9 Å². The molecular formula is C14H16N8O. The summed E-state index contributed by atoms with van der Waals surface area (Å²) in [5.41, 5.74) is 2.28. The Balaban J connectivity index is 1.57. The number of carbonyl (C=O) groups is 1. The van der Waals surface area contributed by atoms with Gasteiger partial charge in [0.15, 0.2) is 11.5 Å². The van der Waals surface area contributed by atoms with Crippen molar-refractivity contribution in [1.82, 2.24) is 40.1 Å². The molecule has 0 aromatic carbocycles. The first kappa shape index (κ1) is 14.8. The third-order valence-corrected chi connectivity index (χ3v) is 3.25. The van der Waals surface area contributed by atoms with Gasteiger partial charge in [0.05, 0.1) is 12.2 Å². The van der Waals surface area contributed by atoms with E-state index >= 15 is 0 Å². The Morgan fingerprint density at radius 2 is 2.13 bits per heavy atom. The lowest BCUT2D eigenvalue weighted by Gasteiger charge is -2.06. The van der Waals surface area contributed by atoms with Crippen LogP contribution >= 0.6 is 0 Å². The van der Waals surface area contributed by atoms with Crippen LogP contribution in [0.25, 0.3) is 5.82 Å². The lowest BCUT2D eigenvalue weighted by Crippen LogP contribution is -2.28. The fourth-order valence-electron chi connectivity index (χ4n) is 2.16. The maximum atomic E-state index is 12.0. The van der Waals surface area contributed by atoms with E-state index in [9.17, 15) is 4.79 Å². The molecule has 0 atom stereocenters. The molecule has 0 fully saturated rings. The molecule has 9 heteroatoms. The van der Waals surface area contributed by atoms with Crippen molar-refractivity contribution < 1.29 is 4.79 Å². The van der Waals surface area contributed by atoms with E-state index in [1.54, 1.807) is 12.1 Å². The summed E-state index contributed by atoms with van der Waals surface area (Å²) >= 11 is 0. The van der Waals surface area contributed by atoms with Gasteiger partial charge < -0.3 is 5.32 Å². The molecule has 3 heterocycles. The molecule has 0 spiro atoms. The topological polar surface area (TPSA) is 103 Å². The Labute approximate surface area is 132 Å². The monoisotopic (exact) mass is 312 g/mol. The second-order valence-corrected chi connectivity index (χ2v) is 5.02. The van der Waals surface area contributed by atoms with Gasteiger partial charge in [0, 0.05) is 12.2 Å². The van der Waals surface area contributed by atoms with Crippen LogP contribution < -0.4 is 5.32 Å². The number of nitrogens with one attached hydrogen (secondary N) is 1. The van der Waals surface area contributed by atoms with Gasteiger partial charge in [-0.3, -0.25) is 9.48 Å². The van der Waals surface area contributed by atoms with Gasteiger partial charge in [-0.05, 0) is 32.0 Å². The van der Waals surface area contributed by atoms with Crippen LogP contribution in [0.5, 0.6) is 0 Å². The highest BCUT2D eigenvalue weighted by molar-refractivity contribution is 5.92. The number of carbonyl (C=O) groups excluding carboxylic acids is 1. The van der Waals surface area contributed by atoms with E-state index in [0.717, 1.165) is 11.4 Å². The predicted molar refractivity (Wildman–Crippen MR) is 81.0 cm³/mol. The van der Waals surface area contributed by atoms with Crippen molar-refractivity contribution in [2.24, 2.45) is 0 Å². The Morgan fingerprint density at radius 1 is 1.26 bits per heavy atom. The molecule has 9 nitrogen and oxygen atoms in total. The van der Waals surface area contributed by atoms with Gasteiger partial charge in [-0.1, -0.05) is 0 Å². The van der Waals surface area contributed by atoms with Gasteiger partial charge in [-0.2, -0.15) is 10.2 Å². The molecule has 0 aliphatic rings. The molecule has 3 aromatic heterocycles. The van der Waals surface area contributed by atoms with E-state index in [4.69, 9.17) is 0 Å². The fourth-order valence-corrected chi connectivity index (χ4v) is 2.16. The Hall–Kier alpha value is -3.10. The summed E-state index contributed by atoms with van der Waals surface area (Å²) in [6.07, 6.45) is 2.92. The average molecular weight is 312 g/mol. The van der Waals surface area contributed by atoms with E-state index in [2.05, 4.69) is 30.7 Å². The Bertz CT molecular complexity index is 791. The molecule has 118 valence electrons. The quantitative estimate of drug-likeness (QED) is 0.727. The van der Waals surface area contributed by atoms with E-state index in [1.807, 2.05) is 24.6 Å². The van der Waals surface area contributed by atoms with Crippen LogP contribution in [0.1, 0.15) is 21.9 Å². The highest BCUT2D eigenvalue weighted by Gasteiger charge is 2.09. The second kappa shape index (κ2) is 6.34. The lowest BCUT2D eigenvalue weighted by atomic mass is 10.3. The molecule has 0 aliphatic heterocycles. The van der Waals surface area contributed by atoms with Crippen LogP contribution in [0.4, 0.5) is 0 Å². The van der Waals surface area contributed by atoms with Crippen LogP contribution in [-0.2, 0) is 6.54 Å². The van der Waals surface area contributed by atoms with Crippen LogP contribution in [0, 0.1) is 13.8 Å². The van der Waals surface area contributed by atoms with Crippen LogP contribution in [0.15, 0.2) is 30.9 Å². The first-order valence-electron chi connectivity index (χ1n) is 7.11. The largest absolute Gasteiger partial charge is 0.349 e. The maximum Gasteiger partial charge on any atom is 0.271 e. The van der Waals surface area contributed by atoms with Gasteiger partial charge in [-0.15, -0.1) is 10.2 Å². The summed E-state index contributed by atoms with van der Waals surface area (Å²) in [6.45, 7) is 4.99. The van der Waals surface area contributed by atoms with Crippen molar-refractivity contribution in [1.29, 1.82) is 0 Å². The molecule has 0 saturated carbocycles. The average Bonchev–Trinajstić information content (AvgIpc) is 3.18. The number of hydrogen-bond acceptors (Lipinski definition) is 6. The minimum absolute atomic E-state index is 0.252. The van der Waals surface area contributed by atoms with Crippen molar-refractivity contribution in [2.45, 2.75) is 20.4 Å². The highest BCUT2D eigenvalue weighted by atomic mass is 16.1. The van der Waals surface area contributed by atoms with Gasteiger partial charge >= 0.3 is 0 Å². The van der Waals surface area contributed by atoms with E-state index in [0.29, 0.717) is 18.9 Å². The number of amides is 1. The molecule has 3 rings (SSSR count). The minimum Gasteiger partial charge on any atom is -0.349 e. The smallest absolute Gasteiger partial charge is 0.271 e. The standard InChI is InChI=1S/C14H16N8O/c1-10-7-11(2)21(20-10)6-5-16-14(23)12-3-4-13(19-18-12)22-9-15-8-17-22/h3-4,7-9H,5-6H2,1-2H3,(H,16,23). The van der Waals surface area contributed by atoms with Crippen LogP contribution in [0.3, 0.4) is 0 Å². The predicted octanol–water partition coefficient (Wildman–Crippen LogP) is 0.301. The molecule has 1 amide bonds. The molecule has 0 aliphatic carbocycles. The molecule has 0 radical (unpaired) electrons. The van der Waals surface area contributed by atoms with Crippen LogP contribution in [0.2, 0.25) is 0 Å². The first-order valence-corrected chi connectivity index (χ1v) is 7.11. The third kappa shape index (κ3) is 3.39. The third-order valence-electron chi connectivity index (χ3n) is 3.25. The number of aryl methyl sites for hydroxylation is 2. The van der Waals surface area contributed by atoms with E-state index in [1.165, 1.54) is 17.3 Å². The molecule has 0 saturated heterocycles. The van der Waals surface area contributed by atoms with Crippen molar-refractivity contribution in [2.75, 3.05) is 6.54 Å². The zero-order valence-electron chi connectivity index (χ0n) is 12.8. The number of aromatic nitrogens is 7. The zero-order valence-corrected chi connectivity index (χ0v) is 12.8. The second-order valence-electron chi connectivity index (χ2n) is 5.02. The van der Waals surface area contributed by atoms with Crippen molar-refractivity contribution >= 4 is 5.91 Å². The summed E-state index contributed by atoms with van der Waals surface area (Å²) < 4.78 is 3.33. The normalized spacial score (nSPS) is 10.7. The molecular weight excluding hydrogens is 296 g/mol. The SMILES string of the molecule is Cc1cc(C)n(CCNC(=O)c2ccc(-n3cncn3)nn2)n1. The molecule has 1 N–H and O–H groups in total. The lowest BCUT2D eigenvalue weighted by molar-refractivity contribution is 0.0946. The van der Waals surface area contributed by atoms with E-state index < -0.39 is 0 Å². The summed E-state index contributed by atoms with van der Waals surface area (Å²) in [4.78, 5) is 15.9. The maximum absolute atomic E-state index is 12.0. The summed E-state index contributed by atoms with van der Waals surface area (Å²) in [5, 5.41) is 19.0. The first-order chi connectivity index (χ1) is 11.1. The van der Waals surface area contributed by atoms with Gasteiger partial charge in [0.25, 0.3) is 5.91 Å².